The lowest BCUT2D eigenvalue weighted by Crippen LogP contribution is -2.25. The Bertz CT molecular complexity index is 1850. The molecule has 2 heteroatoms. The van der Waals surface area contributed by atoms with Crippen molar-refractivity contribution in [3.63, 3.8) is 0 Å². The highest BCUT2D eigenvalue weighted by molar-refractivity contribution is 5.97. The van der Waals surface area contributed by atoms with Crippen LogP contribution in [0.2, 0.25) is 0 Å². The highest BCUT2D eigenvalue weighted by atomic mass is 14.5. The third-order valence-electron chi connectivity index (χ3n) is 8.18. The third-order valence-corrected chi connectivity index (χ3v) is 8.18. The molecular weight excluding hydrogens is 472 g/mol. The summed E-state index contributed by atoms with van der Waals surface area (Å²) in [6, 6.07) is 43.6. The van der Waals surface area contributed by atoms with Crippen LogP contribution in [0.15, 0.2) is 133 Å². The molecule has 0 saturated carbocycles. The number of hydrogen-bond acceptors (Lipinski definition) is 2. The molecule has 0 radical (unpaired) electrons. The van der Waals surface area contributed by atoms with Gasteiger partial charge in [0, 0.05) is 6.21 Å². The summed E-state index contributed by atoms with van der Waals surface area (Å²) in [5.74, 6) is 0. The van der Waals surface area contributed by atoms with Crippen molar-refractivity contribution in [2.24, 2.45) is 0 Å². The Morgan fingerprint density at radius 1 is 0.641 bits per heavy atom. The van der Waals surface area contributed by atoms with Gasteiger partial charge in [0.15, 0.2) is 0 Å². The van der Waals surface area contributed by atoms with E-state index < -0.39 is 5.41 Å². The first-order valence-corrected chi connectivity index (χ1v) is 13.0. The van der Waals surface area contributed by atoms with Crippen molar-refractivity contribution in [3.8, 4) is 39.4 Å². The Hall–Kier alpha value is -5.26. The first-order chi connectivity index (χ1) is 19.2. The summed E-state index contributed by atoms with van der Waals surface area (Å²) >= 11 is 0. The zero-order valence-electron chi connectivity index (χ0n) is 21.3. The van der Waals surface area contributed by atoms with Gasteiger partial charge in [-0.15, -0.1) is 0 Å². The van der Waals surface area contributed by atoms with Gasteiger partial charge in [0.05, 0.1) is 11.0 Å². The van der Waals surface area contributed by atoms with E-state index in [4.69, 9.17) is 5.41 Å². The number of allylic oxidation sites excluding steroid dienone is 3. The number of nitrogens with zero attached hydrogens (tertiary/aromatic N) is 1. The van der Waals surface area contributed by atoms with Crippen LogP contribution in [0.25, 0.3) is 39.0 Å². The number of hydrogen-bond donors (Lipinski definition) is 1. The summed E-state index contributed by atoms with van der Waals surface area (Å²) in [7, 11) is 0. The average Bonchev–Trinajstić information content (AvgIpc) is 3.46. The predicted octanol–water partition coefficient (Wildman–Crippen LogP) is 8.81. The SMILES string of the molecule is C=C(/C=C(/C#N)C=N)c1ccc2c(c1)-c1cc(-c3ccccc3)ccc1C21c2ccccc2-c2ccccc21. The second-order valence-corrected chi connectivity index (χ2v) is 10.1. The topological polar surface area (TPSA) is 47.6 Å². The largest absolute Gasteiger partial charge is 0.307 e. The van der Waals surface area contributed by atoms with E-state index >= 15 is 0 Å². The first kappa shape index (κ1) is 22.9. The lowest BCUT2D eigenvalue weighted by atomic mass is 9.70. The van der Waals surface area contributed by atoms with Gasteiger partial charge in [-0.3, -0.25) is 0 Å². The summed E-state index contributed by atoms with van der Waals surface area (Å²) in [4.78, 5) is 0. The number of nitriles is 1. The number of rotatable bonds is 4. The summed E-state index contributed by atoms with van der Waals surface area (Å²) in [6.45, 7) is 4.24. The minimum absolute atomic E-state index is 0.280. The van der Waals surface area contributed by atoms with Crippen molar-refractivity contribution in [3.05, 3.63) is 161 Å². The minimum Gasteiger partial charge on any atom is -0.307 e. The van der Waals surface area contributed by atoms with Crippen molar-refractivity contribution in [1.82, 2.24) is 0 Å². The molecule has 0 bridgehead atoms. The third kappa shape index (κ3) is 3.17. The van der Waals surface area contributed by atoms with Gasteiger partial charge >= 0.3 is 0 Å². The van der Waals surface area contributed by atoms with Crippen molar-refractivity contribution in [1.29, 1.82) is 10.7 Å². The molecule has 0 aromatic heterocycles. The molecule has 5 aromatic rings. The summed E-state index contributed by atoms with van der Waals surface area (Å²) in [6.07, 6.45) is 2.75. The van der Waals surface area contributed by atoms with Crippen LogP contribution in [0, 0.1) is 16.7 Å². The average molecular weight is 497 g/mol. The molecule has 0 amide bonds. The van der Waals surface area contributed by atoms with Crippen LogP contribution in [0.1, 0.15) is 27.8 Å². The maximum absolute atomic E-state index is 9.36. The normalized spacial score (nSPS) is 13.7. The van der Waals surface area contributed by atoms with Gasteiger partial charge in [0.25, 0.3) is 0 Å². The van der Waals surface area contributed by atoms with Crippen LogP contribution in [0.4, 0.5) is 0 Å². The molecule has 7 rings (SSSR count). The van der Waals surface area contributed by atoms with Crippen molar-refractivity contribution in [2.45, 2.75) is 5.41 Å². The van der Waals surface area contributed by atoms with Gasteiger partial charge in [0.2, 0.25) is 0 Å². The van der Waals surface area contributed by atoms with Gasteiger partial charge in [-0.05, 0) is 85.0 Å². The zero-order chi connectivity index (χ0) is 26.6. The molecule has 1 N–H and O–H groups in total. The van der Waals surface area contributed by atoms with Gasteiger partial charge in [-0.1, -0.05) is 110 Å². The molecule has 0 atom stereocenters. The molecular formula is C37H24N2. The highest BCUT2D eigenvalue weighted by Gasteiger charge is 2.51. The molecule has 0 unspecified atom stereocenters. The van der Waals surface area contributed by atoms with Crippen molar-refractivity contribution < 1.29 is 0 Å². The van der Waals surface area contributed by atoms with E-state index in [0.717, 1.165) is 11.8 Å². The van der Waals surface area contributed by atoms with E-state index in [-0.39, 0.29) is 5.57 Å². The standard InChI is InChI=1S/C37H24N2/c1-24(19-25(22-38)23-39)27-15-17-35-31(20-27)32-21-28(26-9-3-2-4-10-26)16-18-36(32)37(35)33-13-7-5-11-29(33)30-12-6-8-14-34(30)37/h2-22,38H,1H2/b25-19+,38-22?. The zero-order valence-corrected chi connectivity index (χ0v) is 21.3. The van der Waals surface area contributed by atoms with Crippen LogP contribution in [0.5, 0.6) is 0 Å². The maximum atomic E-state index is 9.36. The predicted molar refractivity (Wildman–Crippen MR) is 160 cm³/mol. The van der Waals surface area contributed by atoms with E-state index in [9.17, 15) is 5.26 Å². The van der Waals surface area contributed by atoms with Gasteiger partial charge in [-0.2, -0.15) is 5.26 Å². The van der Waals surface area contributed by atoms with E-state index in [1.54, 1.807) is 6.08 Å². The van der Waals surface area contributed by atoms with Gasteiger partial charge < -0.3 is 5.41 Å². The second-order valence-electron chi connectivity index (χ2n) is 10.1. The fraction of sp³-hybridized carbons (Fsp3) is 0.0270. The number of benzene rings is 5. The fourth-order valence-corrected chi connectivity index (χ4v) is 6.54. The van der Waals surface area contributed by atoms with Crippen LogP contribution in [-0.4, -0.2) is 6.21 Å². The molecule has 2 nitrogen and oxygen atoms in total. The van der Waals surface area contributed by atoms with E-state index in [2.05, 4.69) is 122 Å². The molecule has 0 aliphatic heterocycles. The smallest absolute Gasteiger partial charge is 0.101 e. The van der Waals surface area contributed by atoms with Crippen LogP contribution >= 0.6 is 0 Å². The van der Waals surface area contributed by atoms with Crippen LogP contribution in [0.3, 0.4) is 0 Å². The Morgan fingerprint density at radius 3 is 1.85 bits per heavy atom. The first-order valence-electron chi connectivity index (χ1n) is 13.0. The number of nitrogens with one attached hydrogen (secondary N) is 1. The molecule has 0 fully saturated rings. The van der Waals surface area contributed by atoms with E-state index in [0.29, 0.717) is 5.57 Å². The molecule has 182 valence electrons. The lowest BCUT2D eigenvalue weighted by Gasteiger charge is -2.30. The Morgan fingerprint density at radius 2 is 1.21 bits per heavy atom. The minimum atomic E-state index is -0.407. The molecule has 0 heterocycles. The van der Waals surface area contributed by atoms with Crippen molar-refractivity contribution >= 4 is 11.8 Å². The highest BCUT2D eigenvalue weighted by Crippen LogP contribution is 2.63. The summed E-state index contributed by atoms with van der Waals surface area (Å²) < 4.78 is 0. The summed E-state index contributed by atoms with van der Waals surface area (Å²) in [5, 5.41) is 16.9. The molecule has 0 saturated heterocycles. The van der Waals surface area contributed by atoms with Crippen molar-refractivity contribution in [2.75, 3.05) is 0 Å². The molecule has 5 aromatic carbocycles. The molecule has 2 aliphatic carbocycles. The quantitative estimate of drug-likeness (QED) is 0.148. The second kappa shape index (κ2) is 8.65. The number of fused-ring (bicyclic) bond motifs is 10. The van der Waals surface area contributed by atoms with Crippen LogP contribution < -0.4 is 0 Å². The van der Waals surface area contributed by atoms with Crippen LogP contribution in [-0.2, 0) is 5.41 Å². The Labute approximate surface area is 228 Å². The van der Waals surface area contributed by atoms with E-state index in [1.807, 2.05) is 6.07 Å². The summed E-state index contributed by atoms with van der Waals surface area (Å²) in [5.41, 5.74) is 14.0. The lowest BCUT2D eigenvalue weighted by molar-refractivity contribution is 0.794. The molecule has 2 aliphatic rings. The Kier molecular flexibility index (Phi) is 5.08. The maximum Gasteiger partial charge on any atom is 0.101 e. The van der Waals surface area contributed by atoms with Gasteiger partial charge in [-0.25, -0.2) is 0 Å². The Balaban J connectivity index is 1.55. The molecule has 1 spiro atoms. The van der Waals surface area contributed by atoms with E-state index in [1.165, 1.54) is 55.6 Å². The molecule has 39 heavy (non-hydrogen) atoms. The van der Waals surface area contributed by atoms with Gasteiger partial charge in [0.1, 0.15) is 6.07 Å². The fourth-order valence-electron chi connectivity index (χ4n) is 6.54. The monoisotopic (exact) mass is 496 g/mol.